The number of nitrogens with zero attached hydrogens (tertiary/aromatic N) is 1. The van der Waals surface area contributed by atoms with Gasteiger partial charge in [-0.15, -0.1) is 0 Å². The Morgan fingerprint density at radius 1 is 1.55 bits per heavy atom. The molecule has 3 saturated heterocycles. The second kappa shape index (κ2) is 5.06. The van der Waals surface area contributed by atoms with Crippen molar-refractivity contribution in [2.75, 3.05) is 26.3 Å². The summed E-state index contributed by atoms with van der Waals surface area (Å²) in [5, 5.41) is 0. The van der Waals surface area contributed by atoms with Crippen molar-refractivity contribution in [1.82, 2.24) is 4.90 Å². The van der Waals surface area contributed by atoms with Crippen molar-refractivity contribution in [2.24, 2.45) is 11.8 Å². The fourth-order valence-electron chi connectivity index (χ4n) is 4.27. The minimum atomic E-state index is -0.641. The number of amides is 1. The monoisotopic (exact) mass is 307 g/mol. The van der Waals surface area contributed by atoms with Gasteiger partial charge in [-0.3, -0.25) is 9.59 Å². The van der Waals surface area contributed by atoms with Crippen LogP contribution in [0.25, 0.3) is 0 Å². The van der Waals surface area contributed by atoms with Crippen molar-refractivity contribution in [3.63, 3.8) is 0 Å². The zero-order chi connectivity index (χ0) is 15.3. The number of hydrogen-bond donors (Lipinski definition) is 0. The first-order valence-corrected chi connectivity index (χ1v) is 8.09. The first-order chi connectivity index (χ1) is 10.6. The fourth-order valence-corrected chi connectivity index (χ4v) is 4.27. The van der Waals surface area contributed by atoms with Crippen LogP contribution in [0.4, 0.5) is 0 Å². The predicted octanol–water partition coefficient (Wildman–Crippen LogP) is 0.510. The van der Waals surface area contributed by atoms with E-state index < -0.39 is 17.4 Å². The highest BCUT2D eigenvalue weighted by molar-refractivity contribution is 5.91. The Kier molecular flexibility index (Phi) is 3.27. The summed E-state index contributed by atoms with van der Waals surface area (Å²) in [6, 6.07) is 0. The van der Waals surface area contributed by atoms with Crippen molar-refractivity contribution in [3.8, 4) is 0 Å². The average Bonchev–Trinajstić information content (AvgIpc) is 3.23. The third-order valence-electron chi connectivity index (χ3n) is 5.19. The maximum atomic E-state index is 12.8. The molecule has 0 N–H and O–H groups in total. The van der Waals surface area contributed by atoms with E-state index in [-0.39, 0.29) is 24.1 Å². The van der Waals surface area contributed by atoms with Crippen LogP contribution in [0, 0.1) is 11.8 Å². The Balaban J connectivity index is 1.55. The molecule has 4 aliphatic heterocycles. The minimum Gasteiger partial charge on any atom is -0.466 e. The van der Waals surface area contributed by atoms with Gasteiger partial charge in [-0.05, 0) is 19.8 Å². The van der Waals surface area contributed by atoms with E-state index in [1.54, 1.807) is 11.8 Å². The van der Waals surface area contributed by atoms with Crippen LogP contribution in [-0.4, -0.2) is 60.9 Å². The third kappa shape index (κ3) is 1.93. The van der Waals surface area contributed by atoms with Crippen molar-refractivity contribution < 1.29 is 23.8 Å². The van der Waals surface area contributed by atoms with Crippen LogP contribution in [0.3, 0.4) is 0 Å². The van der Waals surface area contributed by atoms with E-state index in [1.807, 2.05) is 12.2 Å². The molecule has 0 radical (unpaired) electrons. The van der Waals surface area contributed by atoms with Crippen molar-refractivity contribution in [1.29, 1.82) is 0 Å². The fraction of sp³-hybridized carbons (Fsp3) is 0.750. The molecule has 4 rings (SSSR count). The normalized spacial score (nSPS) is 42.2. The first kappa shape index (κ1) is 14.2. The molecular weight excluding hydrogens is 286 g/mol. The van der Waals surface area contributed by atoms with Gasteiger partial charge in [-0.25, -0.2) is 0 Å². The highest BCUT2D eigenvalue weighted by Gasteiger charge is 2.67. The number of fused-ring (bicyclic) bond motifs is 1. The maximum absolute atomic E-state index is 12.8. The van der Waals surface area contributed by atoms with Gasteiger partial charge in [0.2, 0.25) is 5.91 Å². The molecule has 1 spiro atoms. The maximum Gasteiger partial charge on any atom is 0.312 e. The molecule has 4 heterocycles. The quantitative estimate of drug-likeness (QED) is 0.559. The minimum absolute atomic E-state index is 0.000373. The standard InChI is InChI=1S/C16H21NO5/c1-2-20-15(19)12-11-5-6-16(22-11)9-17(14(18)13(12)16)8-10-4-3-7-21-10/h5-6,10-13H,2-4,7-9H2,1H3/t10-,11-,12-,13-,16+/m0/s1. The van der Waals surface area contributed by atoms with Crippen LogP contribution < -0.4 is 0 Å². The van der Waals surface area contributed by atoms with E-state index in [0.29, 0.717) is 19.7 Å². The van der Waals surface area contributed by atoms with Gasteiger partial charge in [0.25, 0.3) is 0 Å². The first-order valence-electron chi connectivity index (χ1n) is 8.09. The zero-order valence-corrected chi connectivity index (χ0v) is 12.7. The van der Waals surface area contributed by atoms with Gasteiger partial charge in [0.05, 0.1) is 31.3 Å². The van der Waals surface area contributed by atoms with Crippen LogP contribution in [0.15, 0.2) is 12.2 Å². The number of rotatable bonds is 4. The molecule has 6 heteroatoms. The average molecular weight is 307 g/mol. The largest absolute Gasteiger partial charge is 0.466 e. The molecule has 1 amide bonds. The predicted molar refractivity (Wildman–Crippen MR) is 75.9 cm³/mol. The number of esters is 1. The summed E-state index contributed by atoms with van der Waals surface area (Å²) in [5.74, 6) is -1.27. The van der Waals surface area contributed by atoms with Gasteiger partial charge in [-0.1, -0.05) is 12.2 Å². The number of hydrogen-bond acceptors (Lipinski definition) is 5. The highest BCUT2D eigenvalue weighted by atomic mass is 16.6. The topological polar surface area (TPSA) is 65.1 Å². The summed E-state index contributed by atoms with van der Waals surface area (Å²) in [5.41, 5.74) is -0.641. The summed E-state index contributed by atoms with van der Waals surface area (Å²) in [7, 11) is 0. The lowest BCUT2D eigenvalue weighted by molar-refractivity contribution is -0.153. The molecular formula is C16H21NO5. The molecule has 0 saturated carbocycles. The zero-order valence-electron chi connectivity index (χ0n) is 12.7. The Labute approximate surface area is 129 Å². The summed E-state index contributed by atoms with van der Waals surface area (Å²) in [6.07, 6.45) is 5.69. The molecule has 0 aromatic carbocycles. The molecule has 5 atom stereocenters. The number of likely N-dealkylation sites (tertiary alicyclic amines) is 1. The summed E-state index contributed by atoms with van der Waals surface area (Å²) in [4.78, 5) is 26.9. The van der Waals surface area contributed by atoms with Crippen molar-refractivity contribution in [2.45, 2.75) is 37.6 Å². The summed E-state index contributed by atoms with van der Waals surface area (Å²) < 4.78 is 16.8. The lowest BCUT2D eigenvalue weighted by Gasteiger charge is -2.23. The van der Waals surface area contributed by atoms with Gasteiger partial charge in [0, 0.05) is 13.2 Å². The molecule has 0 aliphatic carbocycles. The number of carbonyl (C=O) groups excluding carboxylic acids is 2. The van der Waals surface area contributed by atoms with Gasteiger partial charge >= 0.3 is 5.97 Å². The Hall–Kier alpha value is -1.40. The van der Waals surface area contributed by atoms with Gasteiger partial charge in [0.15, 0.2) is 0 Å². The van der Waals surface area contributed by atoms with Gasteiger partial charge < -0.3 is 19.1 Å². The number of carbonyl (C=O) groups is 2. The van der Waals surface area contributed by atoms with E-state index in [2.05, 4.69) is 0 Å². The van der Waals surface area contributed by atoms with Gasteiger partial charge in [-0.2, -0.15) is 0 Å². The molecule has 3 fully saturated rings. The smallest absolute Gasteiger partial charge is 0.312 e. The van der Waals surface area contributed by atoms with Crippen molar-refractivity contribution in [3.05, 3.63) is 12.2 Å². The van der Waals surface area contributed by atoms with E-state index >= 15 is 0 Å². The second-order valence-electron chi connectivity index (χ2n) is 6.51. The molecule has 0 aromatic heterocycles. The molecule has 4 aliphatic rings. The number of ether oxygens (including phenoxy) is 3. The molecule has 2 bridgehead atoms. The van der Waals surface area contributed by atoms with Crippen LogP contribution in [0.1, 0.15) is 19.8 Å². The third-order valence-corrected chi connectivity index (χ3v) is 5.19. The lowest BCUT2D eigenvalue weighted by Crippen LogP contribution is -2.40. The van der Waals surface area contributed by atoms with Crippen LogP contribution in [-0.2, 0) is 23.8 Å². The molecule has 22 heavy (non-hydrogen) atoms. The summed E-state index contributed by atoms with van der Waals surface area (Å²) >= 11 is 0. The van der Waals surface area contributed by atoms with Crippen LogP contribution in [0.2, 0.25) is 0 Å². The second-order valence-corrected chi connectivity index (χ2v) is 6.51. The Bertz CT molecular complexity index is 527. The van der Waals surface area contributed by atoms with Crippen LogP contribution >= 0.6 is 0 Å². The van der Waals surface area contributed by atoms with E-state index in [9.17, 15) is 9.59 Å². The van der Waals surface area contributed by atoms with E-state index in [4.69, 9.17) is 14.2 Å². The van der Waals surface area contributed by atoms with Gasteiger partial charge in [0.1, 0.15) is 11.5 Å². The molecule has 0 aromatic rings. The van der Waals surface area contributed by atoms with E-state index in [1.165, 1.54) is 0 Å². The van der Waals surface area contributed by atoms with Crippen LogP contribution in [0.5, 0.6) is 0 Å². The summed E-state index contributed by atoms with van der Waals surface area (Å²) in [6.45, 7) is 3.97. The highest BCUT2D eigenvalue weighted by Crippen LogP contribution is 2.52. The van der Waals surface area contributed by atoms with Crippen molar-refractivity contribution >= 4 is 11.9 Å². The Morgan fingerprint density at radius 2 is 2.41 bits per heavy atom. The molecule has 120 valence electrons. The lowest BCUT2D eigenvalue weighted by atomic mass is 9.77. The molecule has 0 unspecified atom stereocenters. The SMILES string of the molecule is CCOC(=O)[C@H]1[C@@H]2C=C[C@]3(CN(C[C@@H]4CCCO4)C(=O)[C@H]13)O2. The molecule has 6 nitrogen and oxygen atoms in total. The van der Waals surface area contributed by atoms with E-state index in [0.717, 1.165) is 19.4 Å². The Morgan fingerprint density at radius 3 is 3.14 bits per heavy atom.